The van der Waals surface area contributed by atoms with E-state index >= 15 is 0 Å². The number of hydrogen-bond acceptors (Lipinski definition) is 0. The molecule has 0 spiro atoms. The van der Waals surface area contributed by atoms with Crippen molar-refractivity contribution < 1.29 is 0 Å². The van der Waals surface area contributed by atoms with E-state index < -0.39 is 0 Å². The van der Waals surface area contributed by atoms with Gasteiger partial charge in [0.15, 0.2) is 0 Å². The second-order valence-electron chi connectivity index (χ2n) is 6.65. The van der Waals surface area contributed by atoms with Gasteiger partial charge in [-0.3, -0.25) is 0 Å². The van der Waals surface area contributed by atoms with Gasteiger partial charge in [0.05, 0.1) is 5.52 Å². The average Bonchev–Trinajstić information content (AvgIpc) is 3.04. The lowest BCUT2D eigenvalue weighted by atomic mass is 9.99. The molecule has 0 radical (unpaired) electrons. The number of hydrogen-bond donors (Lipinski definition) is 0. The molecule has 0 N–H and O–H groups in total. The van der Waals surface area contributed by atoms with Crippen LogP contribution in [0.15, 0.2) is 103 Å². The maximum atomic E-state index is 2.44. The van der Waals surface area contributed by atoms with Gasteiger partial charge < -0.3 is 4.57 Å². The molecular formula is C25H19N. The lowest BCUT2D eigenvalue weighted by molar-refractivity contribution is 0.869. The summed E-state index contributed by atoms with van der Waals surface area (Å²) in [6.45, 7) is 0.878. The number of fused-ring (bicyclic) bond motifs is 3. The fourth-order valence-electron chi connectivity index (χ4n) is 3.89. The minimum Gasteiger partial charge on any atom is -0.336 e. The van der Waals surface area contributed by atoms with E-state index in [2.05, 4.69) is 108 Å². The monoisotopic (exact) mass is 333 g/mol. The van der Waals surface area contributed by atoms with E-state index in [1.165, 1.54) is 38.5 Å². The fourth-order valence-corrected chi connectivity index (χ4v) is 3.89. The van der Waals surface area contributed by atoms with E-state index in [9.17, 15) is 0 Å². The highest BCUT2D eigenvalue weighted by Gasteiger charge is 2.14. The van der Waals surface area contributed by atoms with Crippen LogP contribution in [0.2, 0.25) is 0 Å². The molecule has 0 saturated carbocycles. The van der Waals surface area contributed by atoms with Gasteiger partial charge in [-0.1, -0.05) is 91.0 Å². The Morgan fingerprint density at radius 3 is 2.00 bits per heavy atom. The average molecular weight is 333 g/mol. The molecule has 4 aromatic carbocycles. The second-order valence-corrected chi connectivity index (χ2v) is 6.65. The van der Waals surface area contributed by atoms with Crippen molar-refractivity contribution in [2.24, 2.45) is 0 Å². The lowest BCUT2D eigenvalue weighted by Gasteiger charge is -2.09. The van der Waals surface area contributed by atoms with Gasteiger partial charge in [-0.25, -0.2) is 0 Å². The van der Waals surface area contributed by atoms with Crippen molar-refractivity contribution in [2.45, 2.75) is 6.54 Å². The summed E-state index contributed by atoms with van der Waals surface area (Å²) in [6.07, 6.45) is 0. The van der Waals surface area contributed by atoms with Crippen LogP contribution in [0.25, 0.3) is 32.9 Å². The Morgan fingerprint density at radius 1 is 0.538 bits per heavy atom. The van der Waals surface area contributed by atoms with Crippen LogP contribution in [-0.4, -0.2) is 4.57 Å². The summed E-state index contributed by atoms with van der Waals surface area (Å²) >= 11 is 0. The third-order valence-electron chi connectivity index (χ3n) is 5.07. The van der Waals surface area contributed by atoms with Crippen molar-refractivity contribution in [3.63, 3.8) is 0 Å². The predicted molar refractivity (Wildman–Crippen MR) is 110 cm³/mol. The zero-order chi connectivity index (χ0) is 17.3. The van der Waals surface area contributed by atoms with Gasteiger partial charge in [0.2, 0.25) is 0 Å². The maximum Gasteiger partial charge on any atom is 0.0500 e. The zero-order valence-electron chi connectivity index (χ0n) is 14.5. The van der Waals surface area contributed by atoms with Crippen LogP contribution in [-0.2, 0) is 6.54 Å². The lowest BCUT2D eigenvalue weighted by Crippen LogP contribution is -1.98. The van der Waals surface area contributed by atoms with E-state index in [1.54, 1.807) is 0 Å². The van der Waals surface area contributed by atoms with Gasteiger partial charge in [-0.2, -0.15) is 0 Å². The molecule has 26 heavy (non-hydrogen) atoms. The number of rotatable bonds is 3. The van der Waals surface area contributed by atoms with Crippen molar-refractivity contribution in [3.8, 4) is 11.1 Å². The van der Waals surface area contributed by atoms with Crippen LogP contribution in [0.4, 0.5) is 0 Å². The molecule has 0 unspecified atom stereocenters. The van der Waals surface area contributed by atoms with Crippen LogP contribution in [0.3, 0.4) is 0 Å². The van der Waals surface area contributed by atoms with Crippen LogP contribution in [0, 0.1) is 0 Å². The van der Waals surface area contributed by atoms with E-state index in [0.29, 0.717) is 0 Å². The molecule has 0 aliphatic carbocycles. The predicted octanol–water partition coefficient (Wildman–Crippen LogP) is 6.51. The molecule has 0 aliphatic rings. The maximum absolute atomic E-state index is 2.44. The molecule has 5 rings (SSSR count). The quantitative estimate of drug-likeness (QED) is 0.355. The largest absolute Gasteiger partial charge is 0.336 e. The summed E-state index contributed by atoms with van der Waals surface area (Å²) in [6, 6.07) is 36.7. The van der Waals surface area contributed by atoms with E-state index in [1.807, 2.05) is 0 Å². The summed E-state index contributed by atoms with van der Waals surface area (Å²) in [5, 5.41) is 2.66. The summed E-state index contributed by atoms with van der Waals surface area (Å²) in [4.78, 5) is 0. The minimum atomic E-state index is 0.878. The molecule has 0 aliphatic heterocycles. The smallest absolute Gasteiger partial charge is 0.0500 e. The van der Waals surface area contributed by atoms with Crippen LogP contribution >= 0.6 is 0 Å². The first kappa shape index (κ1) is 15.0. The first-order valence-corrected chi connectivity index (χ1v) is 9.01. The molecule has 124 valence electrons. The first-order valence-electron chi connectivity index (χ1n) is 9.01. The van der Waals surface area contributed by atoms with Gasteiger partial charge in [0.25, 0.3) is 0 Å². The van der Waals surface area contributed by atoms with E-state index in [0.717, 1.165) is 6.54 Å². The highest BCUT2D eigenvalue weighted by molar-refractivity contribution is 6.14. The number of aromatic nitrogens is 1. The molecule has 1 heteroatoms. The second kappa shape index (κ2) is 6.20. The van der Waals surface area contributed by atoms with Crippen LogP contribution in [0.1, 0.15) is 5.56 Å². The minimum absolute atomic E-state index is 0.878. The Hall–Kier alpha value is -3.32. The summed E-state index contributed by atoms with van der Waals surface area (Å²) in [5.41, 5.74) is 6.46. The fraction of sp³-hybridized carbons (Fsp3) is 0.0400. The molecule has 1 heterocycles. The van der Waals surface area contributed by atoms with Crippen LogP contribution in [0.5, 0.6) is 0 Å². The molecule has 0 fully saturated rings. The van der Waals surface area contributed by atoms with Crippen molar-refractivity contribution in [1.82, 2.24) is 4.57 Å². The van der Waals surface area contributed by atoms with Gasteiger partial charge in [-0.05, 0) is 28.8 Å². The molecule has 0 bridgehead atoms. The molecule has 0 saturated heterocycles. The van der Waals surface area contributed by atoms with Crippen molar-refractivity contribution in [3.05, 3.63) is 109 Å². The number of benzene rings is 4. The first-order chi connectivity index (χ1) is 12.9. The topological polar surface area (TPSA) is 4.93 Å². The molecular weight excluding hydrogens is 314 g/mol. The SMILES string of the molecule is c1ccc(Cn2c3ccccc3c3c(-c4ccccc4)cccc32)cc1. The summed E-state index contributed by atoms with van der Waals surface area (Å²) in [5.74, 6) is 0. The third kappa shape index (κ3) is 2.41. The Kier molecular flexibility index (Phi) is 3.57. The number of para-hydroxylation sites is 1. The van der Waals surface area contributed by atoms with Gasteiger partial charge in [0.1, 0.15) is 0 Å². The van der Waals surface area contributed by atoms with Crippen molar-refractivity contribution in [2.75, 3.05) is 0 Å². The molecule has 1 aromatic heterocycles. The Balaban J connectivity index is 1.83. The molecule has 1 nitrogen and oxygen atoms in total. The van der Waals surface area contributed by atoms with Crippen molar-refractivity contribution in [1.29, 1.82) is 0 Å². The van der Waals surface area contributed by atoms with Gasteiger partial charge in [-0.15, -0.1) is 0 Å². The summed E-state index contributed by atoms with van der Waals surface area (Å²) in [7, 11) is 0. The zero-order valence-corrected chi connectivity index (χ0v) is 14.5. The highest BCUT2D eigenvalue weighted by Crippen LogP contribution is 2.36. The van der Waals surface area contributed by atoms with E-state index in [4.69, 9.17) is 0 Å². The molecule has 5 aromatic rings. The van der Waals surface area contributed by atoms with E-state index in [-0.39, 0.29) is 0 Å². The Morgan fingerprint density at radius 2 is 1.19 bits per heavy atom. The van der Waals surface area contributed by atoms with Crippen molar-refractivity contribution >= 4 is 21.8 Å². The molecule has 0 atom stereocenters. The highest BCUT2D eigenvalue weighted by atomic mass is 15.0. The van der Waals surface area contributed by atoms with Gasteiger partial charge >= 0.3 is 0 Å². The Labute approximate surface area is 153 Å². The standard InChI is InChI=1S/C25H19N/c1-3-10-19(11-4-1)18-26-23-16-8-7-14-22(23)25-21(15-9-17-24(25)26)20-12-5-2-6-13-20/h1-17H,18H2. The molecule has 0 amide bonds. The summed E-state index contributed by atoms with van der Waals surface area (Å²) < 4.78 is 2.44. The van der Waals surface area contributed by atoms with Gasteiger partial charge in [0, 0.05) is 22.8 Å². The number of nitrogens with zero attached hydrogens (tertiary/aromatic N) is 1. The van der Waals surface area contributed by atoms with Crippen LogP contribution < -0.4 is 0 Å². The normalized spacial score (nSPS) is 11.2. The third-order valence-corrected chi connectivity index (χ3v) is 5.07. The Bertz CT molecular complexity index is 1180.